The van der Waals surface area contributed by atoms with E-state index in [-0.39, 0.29) is 12.3 Å². The normalized spacial score (nSPS) is 10.3. The van der Waals surface area contributed by atoms with Gasteiger partial charge in [-0.25, -0.2) is 4.98 Å². The first-order chi connectivity index (χ1) is 12.7. The lowest BCUT2D eigenvalue weighted by molar-refractivity contribution is -0.384. The van der Waals surface area contributed by atoms with E-state index in [0.29, 0.717) is 29.7 Å². The molecule has 0 atom stereocenters. The monoisotopic (exact) mass is 352 g/mol. The summed E-state index contributed by atoms with van der Waals surface area (Å²) < 4.78 is 0. The number of hydrogen-bond donors (Lipinski definition) is 3. The van der Waals surface area contributed by atoms with Crippen LogP contribution >= 0.6 is 0 Å². The zero-order valence-electron chi connectivity index (χ0n) is 13.7. The molecule has 0 saturated carbocycles. The molecular weight excluding hydrogens is 336 g/mol. The van der Waals surface area contributed by atoms with Gasteiger partial charge in [-0.05, 0) is 24.3 Å². The van der Waals surface area contributed by atoms with Gasteiger partial charge >= 0.3 is 0 Å². The topological polar surface area (TPSA) is 126 Å². The van der Waals surface area contributed by atoms with E-state index >= 15 is 0 Å². The molecule has 0 bridgehead atoms. The van der Waals surface area contributed by atoms with E-state index in [2.05, 4.69) is 25.6 Å². The maximum absolute atomic E-state index is 10.7. The number of nitrogens with zero attached hydrogens (tertiary/aromatic N) is 4. The molecule has 132 valence electrons. The minimum absolute atomic E-state index is 0.0135. The van der Waals surface area contributed by atoms with Crippen LogP contribution in [0.2, 0.25) is 0 Å². The molecule has 0 aliphatic carbocycles. The van der Waals surface area contributed by atoms with E-state index in [1.807, 2.05) is 12.1 Å². The van der Waals surface area contributed by atoms with Crippen molar-refractivity contribution in [2.24, 2.45) is 0 Å². The van der Waals surface area contributed by atoms with Gasteiger partial charge in [0.05, 0.1) is 17.2 Å². The smallest absolute Gasteiger partial charge is 0.269 e. The largest absolute Gasteiger partial charge is 0.395 e. The second-order valence-corrected chi connectivity index (χ2v) is 5.28. The number of nitro groups is 1. The minimum atomic E-state index is -0.452. The van der Waals surface area contributed by atoms with E-state index in [0.717, 1.165) is 5.56 Å². The maximum Gasteiger partial charge on any atom is 0.269 e. The van der Waals surface area contributed by atoms with Gasteiger partial charge in [-0.1, -0.05) is 0 Å². The Kier molecular flexibility index (Phi) is 5.30. The summed E-state index contributed by atoms with van der Waals surface area (Å²) in [7, 11) is 0. The summed E-state index contributed by atoms with van der Waals surface area (Å²) in [5, 5.41) is 25.8. The van der Waals surface area contributed by atoms with Crippen LogP contribution in [0.1, 0.15) is 0 Å². The van der Waals surface area contributed by atoms with Crippen molar-refractivity contribution < 1.29 is 10.0 Å². The van der Waals surface area contributed by atoms with Crippen molar-refractivity contribution in [3.8, 4) is 11.3 Å². The standard InChI is InChI=1S/C17H16N6O3/c24-9-8-19-17-21-15(12-2-1-7-18-11-12)10-16(22-17)20-13-3-5-14(6-4-13)23(25)26/h1-7,10-11,24H,8-9H2,(H2,19,20,21,22). The number of aromatic nitrogens is 3. The lowest BCUT2D eigenvalue weighted by Crippen LogP contribution is -2.10. The molecule has 0 aliphatic heterocycles. The quantitative estimate of drug-likeness (QED) is 0.437. The zero-order chi connectivity index (χ0) is 18.4. The molecule has 0 fully saturated rings. The summed E-state index contributed by atoms with van der Waals surface area (Å²) >= 11 is 0. The first-order valence-electron chi connectivity index (χ1n) is 7.81. The van der Waals surface area contributed by atoms with Gasteiger partial charge in [0.25, 0.3) is 5.69 Å². The number of aliphatic hydroxyl groups is 1. The molecule has 2 aromatic heterocycles. The van der Waals surface area contributed by atoms with Crippen molar-refractivity contribution >= 4 is 23.1 Å². The molecule has 9 heteroatoms. The molecule has 0 amide bonds. The third kappa shape index (κ3) is 4.28. The number of anilines is 3. The van der Waals surface area contributed by atoms with Crippen molar-refractivity contribution in [3.05, 3.63) is 65.0 Å². The molecule has 9 nitrogen and oxygen atoms in total. The Morgan fingerprint density at radius 1 is 1.15 bits per heavy atom. The number of aliphatic hydroxyl groups excluding tert-OH is 1. The highest BCUT2D eigenvalue weighted by atomic mass is 16.6. The van der Waals surface area contributed by atoms with Gasteiger partial charge in [-0.3, -0.25) is 15.1 Å². The van der Waals surface area contributed by atoms with Crippen LogP contribution in [0.4, 0.5) is 23.1 Å². The van der Waals surface area contributed by atoms with Gasteiger partial charge < -0.3 is 15.7 Å². The van der Waals surface area contributed by atoms with Crippen LogP contribution in [0, 0.1) is 10.1 Å². The highest BCUT2D eigenvalue weighted by Gasteiger charge is 2.09. The van der Waals surface area contributed by atoms with Gasteiger partial charge in [0.1, 0.15) is 5.82 Å². The molecule has 0 aliphatic rings. The summed E-state index contributed by atoms with van der Waals surface area (Å²) in [4.78, 5) is 23.2. The number of nitro benzene ring substituents is 1. The van der Waals surface area contributed by atoms with E-state index in [4.69, 9.17) is 5.11 Å². The number of rotatable bonds is 7. The van der Waals surface area contributed by atoms with E-state index in [1.165, 1.54) is 12.1 Å². The lowest BCUT2D eigenvalue weighted by Gasteiger charge is -2.11. The van der Waals surface area contributed by atoms with Crippen LogP contribution in [-0.2, 0) is 0 Å². The third-order valence-corrected chi connectivity index (χ3v) is 3.43. The number of hydrogen-bond acceptors (Lipinski definition) is 8. The average molecular weight is 352 g/mol. The van der Waals surface area contributed by atoms with Crippen molar-refractivity contribution in [2.45, 2.75) is 0 Å². The number of benzene rings is 1. The third-order valence-electron chi connectivity index (χ3n) is 3.43. The van der Waals surface area contributed by atoms with Crippen molar-refractivity contribution in [3.63, 3.8) is 0 Å². The molecule has 26 heavy (non-hydrogen) atoms. The van der Waals surface area contributed by atoms with Crippen LogP contribution in [0.5, 0.6) is 0 Å². The Labute approximate surface area is 148 Å². The van der Waals surface area contributed by atoms with Gasteiger partial charge in [-0.15, -0.1) is 0 Å². The maximum atomic E-state index is 10.7. The van der Waals surface area contributed by atoms with Crippen LogP contribution in [0.15, 0.2) is 54.9 Å². The second kappa shape index (κ2) is 7.99. The highest BCUT2D eigenvalue weighted by molar-refractivity contribution is 5.67. The van der Waals surface area contributed by atoms with E-state index in [9.17, 15) is 10.1 Å². The van der Waals surface area contributed by atoms with Crippen LogP contribution in [0.25, 0.3) is 11.3 Å². The van der Waals surface area contributed by atoms with E-state index < -0.39 is 4.92 Å². The van der Waals surface area contributed by atoms with Crippen molar-refractivity contribution in [1.82, 2.24) is 15.0 Å². The number of non-ortho nitro benzene ring substituents is 1. The van der Waals surface area contributed by atoms with E-state index in [1.54, 1.807) is 30.6 Å². The predicted octanol–water partition coefficient (Wildman–Crippen LogP) is 2.59. The molecular formula is C17H16N6O3. The fraction of sp³-hybridized carbons (Fsp3) is 0.118. The number of nitrogens with one attached hydrogen (secondary N) is 2. The van der Waals surface area contributed by atoms with Gasteiger partial charge in [0, 0.05) is 48.4 Å². The summed E-state index contributed by atoms with van der Waals surface area (Å²) in [5.74, 6) is 0.859. The summed E-state index contributed by atoms with van der Waals surface area (Å²) in [6.07, 6.45) is 3.36. The molecule has 0 saturated heterocycles. The summed E-state index contributed by atoms with van der Waals surface area (Å²) in [6, 6.07) is 11.5. The van der Waals surface area contributed by atoms with Crippen LogP contribution in [0.3, 0.4) is 0 Å². The van der Waals surface area contributed by atoms with Crippen LogP contribution < -0.4 is 10.6 Å². The Balaban J connectivity index is 1.90. The Hall–Kier alpha value is -3.59. The minimum Gasteiger partial charge on any atom is -0.395 e. The number of pyridine rings is 1. The zero-order valence-corrected chi connectivity index (χ0v) is 13.7. The first-order valence-corrected chi connectivity index (χ1v) is 7.81. The summed E-state index contributed by atoms with van der Waals surface area (Å²) in [6.45, 7) is 0.263. The Morgan fingerprint density at radius 2 is 1.96 bits per heavy atom. The molecule has 2 heterocycles. The van der Waals surface area contributed by atoms with Crippen molar-refractivity contribution in [2.75, 3.05) is 23.8 Å². The SMILES string of the molecule is O=[N+]([O-])c1ccc(Nc2cc(-c3cccnc3)nc(NCCO)n2)cc1. The summed E-state index contributed by atoms with van der Waals surface area (Å²) in [5.41, 5.74) is 2.13. The Morgan fingerprint density at radius 3 is 2.62 bits per heavy atom. The first kappa shape index (κ1) is 17.2. The van der Waals surface area contributed by atoms with Crippen molar-refractivity contribution in [1.29, 1.82) is 0 Å². The van der Waals surface area contributed by atoms with Gasteiger partial charge in [-0.2, -0.15) is 4.98 Å². The molecule has 3 rings (SSSR count). The fourth-order valence-corrected chi connectivity index (χ4v) is 2.23. The second-order valence-electron chi connectivity index (χ2n) is 5.28. The molecule has 3 N–H and O–H groups in total. The van der Waals surface area contributed by atoms with Gasteiger partial charge in [0.15, 0.2) is 0 Å². The molecule has 0 unspecified atom stereocenters. The fourth-order valence-electron chi connectivity index (χ4n) is 2.23. The van der Waals surface area contributed by atoms with Crippen LogP contribution in [-0.4, -0.2) is 38.1 Å². The highest BCUT2D eigenvalue weighted by Crippen LogP contribution is 2.24. The average Bonchev–Trinajstić information content (AvgIpc) is 2.67. The molecule has 0 radical (unpaired) electrons. The van der Waals surface area contributed by atoms with Gasteiger partial charge in [0.2, 0.25) is 5.95 Å². The molecule has 3 aromatic rings. The molecule has 1 aromatic carbocycles. The Bertz CT molecular complexity index is 887. The molecule has 0 spiro atoms. The lowest BCUT2D eigenvalue weighted by atomic mass is 10.2. The predicted molar refractivity (Wildman–Crippen MR) is 97.2 cm³/mol.